The third-order valence-corrected chi connectivity index (χ3v) is 4.44. The minimum absolute atomic E-state index is 0.186. The number of hydrogen-bond donors (Lipinski definition) is 0. The summed E-state index contributed by atoms with van der Waals surface area (Å²) in [5, 5.41) is 0. The summed E-state index contributed by atoms with van der Waals surface area (Å²) in [4.78, 5) is 0. The summed E-state index contributed by atoms with van der Waals surface area (Å²) in [5.74, 6) is 1.12. The van der Waals surface area contributed by atoms with E-state index < -0.39 is 0 Å². The van der Waals surface area contributed by atoms with Crippen LogP contribution in [0.2, 0.25) is 0 Å². The molecular weight excluding hydrogens is 265 g/mol. The number of aryl methyl sites for hydroxylation is 1. The SMILES string of the molecule is c1cc2c3c(c1)O[I-]N3CCC2. The van der Waals surface area contributed by atoms with Crippen molar-refractivity contribution >= 4 is 5.69 Å². The van der Waals surface area contributed by atoms with Crippen molar-refractivity contribution < 1.29 is 25.0 Å². The molecule has 0 fully saturated rings. The van der Waals surface area contributed by atoms with E-state index in [-0.39, 0.29) is 21.9 Å². The molecule has 0 bridgehead atoms. The van der Waals surface area contributed by atoms with Gasteiger partial charge in [-0.3, -0.25) is 0 Å². The van der Waals surface area contributed by atoms with Crippen LogP contribution < -0.4 is 28.1 Å². The topological polar surface area (TPSA) is 12.5 Å². The van der Waals surface area contributed by atoms with Crippen molar-refractivity contribution in [1.29, 1.82) is 0 Å². The first kappa shape index (κ1) is 7.00. The number of hydrogen-bond acceptors (Lipinski definition) is 2. The Balaban J connectivity index is 2.23. The van der Waals surface area contributed by atoms with Crippen LogP contribution in [0.5, 0.6) is 5.75 Å². The number of para-hydroxylation sites is 1. The van der Waals surface area contributed by atoms with Gasteiger partial charge in [-0.15, -0.1) is 0 Å². The predicted octanol–water partition coefficient (Wildman–Crippen LogP) is -1.25. The van der Waals surface area contributed by atoms with Gasteiger partial charge < -0.3 is 0 Å². The average molecular weight is 274 g/mol. The number of halogens is 1. The zero-order valence-corrected chi connectivity index (χ0v) is 8.74. The number of anilines is 1. The van der Waals surface area contributed by atoms with Gasteiger partial charge in [0, 0.05) is 0 Å². The van der Waals surface area contributed by atoms with Crippen molar-refractivity contribution in [3.63, 3.8) is 0 Å². The molecule has 0 unspecified atom stereocenters. The molecule has 2 aliphatic rings. The summed E-state index contributed by atoms with van der Waals surface area (Å²) in [6, 6.07) is 6.42. The zero-order chi connectivity index (χ0) is 7.97. The molecule has 2 nitrogen and oxygen atoms in total. The van der Waals surface area contributed by atoms with Crippen molar-refractivity contribution in [3.8, 4) is 5.75 Å². The Kier molecular flexibility index (Phi) is 1.47. The van der Waals surface area contributed by atoms with Gasteiger partial charge in [0.25, 0.3) is 0 Å². The van der Waals surface area contributed by atoms with Crippen molar-refractivity contribution in [2.24, 2.45) is 0 Å². The Hall–Kier alpha value is -0.450. The second kappa shape index (κ2) is 2.52. The Bertz CT molecular complexity index is 326. The molecule has 2 aliphatic heterocycles. The van der Waals surface area contributed by atoms with Crippen LogP contribution in [0.4, 0.5) is 5.69 Å². The number of nitrogens with zero attached hydrogens (tertiary/aromatic N) is 1. The maximum atomic E-state index is 5.66. The molecule has 12 heavy (non-hydrogen) atoms. The van der Waals surface area contributed by atoms with Crippen LogP contribution in [0.1, 0.15) is 12.0 Å². The molecule has 0 amide bonds. The van der Waals surface area contributed by atoms with Gasteiger partial charge in [-0.25, -0.2) is 0 Å². The van der Waals surface area contributed by atoms with Crippen LogP contribution in [0.15, 0.2) is 18.2 Å². The molecule has 2 heterocycles. The first-order valence-electron chi connectivity index (χ1n) is 4.16. The second-order valence-corrected chi connectivity index (χ2v) is 5.10. The van der Waals surface area contributed by atoms with E-state index >= 15 is 0 Å². The number of rotatable bonds is 0. The molecule has 0 spiro atoms. The quantitative estimate of drug-likeness (QED) is 0.433. The molecule has 3 heteroatoms. The summed E-state index contributed by atoms with van der Waals surface area (Å²) in [7, 11) is 0. The van der Waals surface area contributed by atoms with E-state index in [0.29, 0.717) is 0 Å². The van der Waals surface area contributed by atoms with Gasteiger partial charge in [-0.05, 0) is 0 Å². The van der Waals surface area contributed by atoms with E-state index in [1.165, 1.54) is 30.6 Å². The molecule has 0 atom stereocenters. The van der Waals surface area contributed by atoms with Crippen LogP contribution in [0.3, 0.4) is 0 Å². The molecule has 0 saturated carbocycles. The van der Waals surface area contributed by atoms with Crippen LogP contribution in [0, 0.1) is 0 Å². The van der Waals surface area contributed by atoms with Crippen LogP contribution in [-0.2, 0) is 6.42 Å². The molecular formula is C9H9INO-. The van der Waals surface area contributed by atoms with Gasteiger partial charge in [-0.1, -0.05) is 0 Å². The average Bonchev–Trinajstić information content (AvgIpc) is 2.52. The summed E-state index contributed by atoms with van der Waals surface area (Å²) < 4.78 is 8.10. The normalized spacial score (nSPS) is 19.5. The fraction of sp³-hybridized carbons (Fsp3) is 0.333. The molecule has 0 aromatic heterocycles. The Morgan fingerprint density at radius 2 is 2.42 bits per heavy atom. The van der Waals surface area contributed by atoms with E-state index in [0.717, 1.165) is 5.75 Å². The van der Waals surface area contributed by atoms with Crippen molar-refractivity contribution in [2.75, 3.05) is 9.66 Å². The number of benzene rings is 1. The third kappa shape index (κ3) is 0.856. The first-order chi connectivity index (χ1) is 5.95. The fourth-order valence-corrected chi connectivity index (χ4v) is 3.86. The van der Waals surface area contributed by atoms with Crippen molar-refractivity contribution in [2.45, 2.75) is 12.8 Å². The fourth-order valence-electron chi connectivity index (χ4n) is 1.78. The molecule has 1 aromatic rings. The summed E-state index contributed by atoms with van der Waals surface area (Å²) in [6.45, 7) is 1.21. The molecule has 0 saturated heterocycles. The monoisotopic (exact) mass is 274 g/mol. The van der Waals surface area contributed by atoms with E-state index in [2.05, 4.69) is 21.3 Å². The van der Waals surface area contributed by atoms with E-state index in [1.54, 1.807) is 0 Å². The molecule has 1 aromatic carbocycles. The van der Waals surface area contributed by atoms with E-state index in [9.17, 15) is 0 Å². The standard InChI is InChI=1S/C9H9INO/c1-3-7-4-2-6-11-9(7)8(5-1)12-10-11/h1,3,5H,2,4,6H2/q-1. The van der Waals surface area contributed by atoms with Gasteiger partial charge in [0.1, 0.15) is 0 Å². The van der Waals surface area contributed by atoms with Crippen LogP contribution in [0.25, 0.3) is 0 Å². The molecule has 0 N–H and O–H groups in total. The van der Waals surface area contributed by atoms with Gasteiger partial charge in [-0.2, -0.15) is 0 Å². The third-order valence-electron chi connectivity index (χ3n) is 2.33. The zero-order valence-electron chi connectivity index (χ0n) is 6.59. The van der Waals surface area contributed by atoms with Crippen molar-refractivity contribution in [1.82, 2.24) is 0 Å². The summed E-state index contributed by atoms with van der Waals surface area (Å²) in [5.41, 5.74) is 2.88. The summed E-state index contributed by atoms with van der Waals surface area (Å²) in [6.07, 6.45) is 2.52. The van der Waals surface area contributed by atoms with E-state index in [1.807, 2.05) is 0 Å². The first-order valence-corrected chi connectivity index (χ1v) is 6.01. The van der Waals surface area contributed by atoms with Gasteiger partial charge >= 0.3 is 82.7 Å². The second-order valence-electron chi connectivity index (χ2n) is 3.10. The van der Waals surface area contributed by atoms with Crippen molar-refractivity contribution in [3.05, 3.63) is 23.8 Å². The molecule has 0 aliphatic carbocycles. The molecule has 64 valence electrons. The maximum absolute atomic E-state index is 5.66. The Labute approximate surface area is 82.7 Å². The molecule has 3 rings (SSSR count). The van der Waals surface area contributed by atoms with E-state index in [4.69, 9.17) is 3.07 Å². The molecule has 0 radical (unpaired) electrons. The van der Waals surface area contributed by atoms with Crippen LogP contribution >= 0.6 is 0 Å². The van der Waals surface area contributed by atoms with Gasteiger partial charge in [0.15, 0.2) is 0 Å². The Morgan fingerprint density at radius 1 is 1.42 bits per heavy atom. The predicted molar refractivity (Wildman–Crippen MR) is 42.7 cm³/mol. The minimum atomic E-state index is -0.186. The summed E-state index contributed by atoms with van der Waals surface area (Å²) >= 11 is -0.186. The van der Waals surface area contributed by atoms with Crippen LogP contribution in [-0.4, -0.2) is 6.54 Å². The van der Waals surface area contributed by atoms with Gasteiger partial charge in [0.05, 0.1) is 0 Å². The Morgan fingerprint density at radius 3 is 3.42 bits per heavy atom. The van der Waals surface area contributed by atoms with Gasteiger partial charge in [0.2, 0.25) is 0 Å².